The summed E-state index contributed by atoms with van der Waals surface area (Å²) in [5.74, 6) is 0. The maximum Gasteiger partial charge on any atom is 0.187 e. The molecule has 0 N–H and O–H groups in total. The van der Waals surface area contributed by atoms with Crippen molar-refractivity contribution >= 4 is 0 Å². The van der Waals surface area contributed by atoms with Crippen LogP contribution in [0.25, 0.3) is 0 Å². The molecular weight excluding hydrogens is 1280 g/mol. The van der Waals surface area contributed by atoms with Gasteiger partial charge < -0.3 is 80.5 Å². The monoisotopic (exact) mass is 1370 g/mol. The molecule has 12 rings (SSSR count). The highest BCUT2D eigenvalue weighted by atomic mass is 16.8. The van der Waals surface area contributed by atoms with Crippen molar-refractivity contribution in [1.82, 2.24) is 0 Å². The lowest BCUT2D eigenvalue weighted by atomic mass is 9.95. The smallest absolute Gasteiger partial charge is 0.187 e. The molecule has 17 heteroatoms. The average molecular weight is 1370 g/mol. The van der Waals surface area contributed by atoms with Gasteiger partial charge in [0.1, 0.15) is 73.2 Å². The molecule has 3 aliphatic heterocycles. The van der Waals surface area contributed by atoms with E-state index in [2.05, 4.69) is 0 Å². The van der Waals surface area contributed by atoms with Gasteiger partial charge in [0.25, 0.3) is 0 Å². The van der Waals surface area contributed by atoms with Crippen LogP contribution < -0.4 is 0 Å². The van der Waals surface area contributed by atoms with Crippen LogP contribution in [-0.2, 0) is 140 Å². The standard InChI is InChI=1S/C84H92O17/c1-85-81-77(96-57-68-47-29-12-30-48-68)75(94-55-66-43-25-10-26-44-66)76(95-56-67-45-27-11-28-46-67)80(99-81)84(100-78-73(92-53-64-39-21-8-22-40-64)71(90-51-62-35-17-6-18-36-62)69(97-82(78)86-2)58-88-49-60-31-13-4-14-32-60)101-79-74(93-54-65-41-23-9-24-42-65)72(91-52-63-37-19-7-20-38-63)70(98-83(79)87-3)59-89-50-61-33-15-5-16-34-61/h4-48,69-84H,49-59H2,1-3H3/t69-,70-,71-,72-,73+,74+,75+,76+,77-,78+,79+,80+,81+,82+,83+/m1/s1. The molecule has 9 aromatic carbocycles. The Morgan fingerprint density at radius 3 is 0.723 bits per heavy atom. The zero-order valence-electron chi connectivity index (χ0n) is 57.4. The van der Waals surface area contributed by atoms with Gasteiger partial charge in [0, 0.05) is 21.3 Å². The van der Waals surface area contributed by atoms with E-state index in [4.69, 9.17) is 80.5 Å². The van der Waals surface area contributed by atoms with Crippen LogP contribution in [0.5, 0.6) is 0 Å². The van der Waals surface area contributed by atoms with Gasteiger partial charge in [-0.15, -0.1) is 0 Å². The summed E-state index contributed by atoms with van der Waals surface area (Å²) in [6.07, 6.45) is -17.0. The number of ether oxygens (including phenoxy) is 17. The molecule has 3 heterocycles. The van der Waals surface area contributed by atoms with Gasteiger partial charge in [-0.25, -0.2) is 0 Å². The van der Waals surface area contributed by atoms with Gasteiger partial charge in [-0.3, -0.25) is 0 Å². The molecule has 3 fully saturated rings. The summed E-state index contributed by atoms with van der Waals surface area (Å²) in [6, 6.07) is 89.6. The molecule has 3 saturated heterocycles. The lowest BCUT2D eigenvalue weighted by molar-refractivity contribution is -0.406. The molecular formula is C84H92O17. The molecule has 3 aliphatic rings. The summed E-state index contributed by atoms with van der Waals surface area (Å²) in [5, 5.41) is 0. The number of hydrogen-bond acceptors (Lipinski definition) is 17. The first kappa shape index (κ1) is 73.1. The van der Waals surface area contributed by atoms with E-state index in [1.807, 2.05) is 273 Å². The first-order valence-corrected chi connectivity index (χ1v) is 34.6. The third-order valence-corrected chi connectivity index (χ3v) is 18.0. The average Bonchev–Trinajstić information content (AvgIpc) is 0.763. The highest BCUT2D eigenvalue weighted by Crippen LogP contribution is 2.40. The van der Waals surface area contributed by atoms with E-state index in [1.165, 1.54) is 0 Å². The highest BCUT2D eigenvalue weighted by molar-refractivity contribution is 5.21. The fourth-order valence-corrected chi connectivity index (χ4v) is 12.9. The van der Waals surface area contributed by atoms with Crippen LogP contribution in [0.3, 0.4) is 0 Å². The molecule has 530 valence electrons. The second kappa shape index (κ2) is 39.1. The minimum atomic E-state index is -1.56. The predicted molar refractivity (Wildman–Crippen MR) is 378 cm³/mol. The van der Waals surface area contributed by atoms with Crippen LogP contribution in [-0.4, -0.2) is 133 Å². The van der Waals surface area contributed by atoms with Crippen molar-refractivity contribution in [1.29, 1.82) is 0 Å². The van der Waals surface area contributed by atoms with Gasteiger partial charge in [0.2, 0.25) is 0 Å². The Morgan fingerprint density at radius 2 is 0.455 bits per heavy atom. The Kier molecular flexibility index (Phi) is 28.3. The van der Waals surface area contributed by atoms with Crippen molar-refractivity contribution in [3.8, 4) is 0 Å². The number of methoxy groups -OCH3 is 3. The van der Waals surface area contributed by atoms with E-state index in [0.29, 0.717) is 13.2 Å². The van der Waals surface area contributed by atoms with Gasteiger partial charge >= 0.3 is 0 Å². The quantitative estimate of drug-likeness (QED) is 0.0338. The molecule has 9 aromatic rings. The van der Waals surface area contributed by atoms with Gasteiger partial charge in [-0.1, -0.05) is 273 Å². The second-order valence-electron chi connectivity index (χ2n) is 25.2. The molecule has 0 amide bonds. The maximum absolute atomic E-state index is 7.90. The van der Waals surface area contributed by atoms with E-state index >= 15 is 0 Å². The van der Waals surface area contributed by atoms with Gasteiger partial charge in [-0.2, -0.15) is 0 Å². The highest BCUT2D eigenvalue weighted by Gasteiger charge is 2.58. The second-order valence-corrected chi connectivity index (χ2v) is 25.2. The van der Waals surface area contributed by atoms with Crippen molar-refractivity contribution < 1.29 is 80.5 Å². The van der Waals surface area contributed by atoms with E-state index in [0.717, 1.165) is 50.1 Å². The Balaban J connectivity index is 1.00. The first-order chi connectivity index (χ1) is 50.0. The Bertz CT molecular complexity index is 3530. The van der Waals surface area contributed by atoms with Crippen LogP contribution in [0.4, 0.5) is 0 Å². The van der Waals surface area contributed by atoms with Crippen molar-refractivity contribution in [2.75, 3.05) is 34.5 Å². The lowest BCUT2D eigenvalue weighted by Gasteiger charge is -2.51. The van der Waals surface area contributed by atoms with Crippen LogP contribution >= 0.6 is 0 Å². The van der Waals surface area contributed by atoms with Gasteiger partial charge in [0.15, 0.2) is 25.2 Å². The van der Waals surface area contributed by atoms with E-state index in [-0.39, 0.29) is 59.5 Å². The molecule has 101 heavy (non-hydrogen) atoms. The van der Waals surface area contributed by atoms with E-state index < -0.39 is 98.4 Å². The molecule has 0 saturated carbocycles. The lowest BCUT2D eigenvalue weighted by Crippen LogP contribution is -2.68. The number of rotatable bonds is 37. The zero-order chi connectivity index (χ0) is 69.1. The minimum Gasteiger partial charge on any atom is -0.374 e. The zero-order valence-corrected chi connectivity index (χ0v) is 57.4. The third kappa shape index (κ3) is 21.0. The van der Waals surface area contributed by atoms with Crippen molar-refractivity contribution in [2.45, 2.75) is 158 Å². The molecule has 17 nitrogen and oxygen atoms in total. The minimum absolute atomic E-state index is 0.0868. The molecule has 0 aromatic heterocycles. The summed E-state index contributed by atoms with van der Waals surface area (Å²) in [5.41, 5.74) is 8.33. The number of hydrogen-bond donors (Lipinski definition) is 0. The summed E-state index contributed by atoms with van der Waals surface area (Å²) < 4.78 is 121. The van der Waals surface area contributed by atoms with Crippen LogP contribution in [0.1, 0.15) is 50.1 Å². The molecule has 0 bridgehead atoms. The topological polar surface area (TPSA) is 157 Å². The van der Waals surface area contributed by atoms with Gasteiger partial charge in [-0.05, 0) is 50.1 Å². The summed E-state index contributed by atoms with van der Waals surface area (Å²) >= 11 is 0. The van der Waals surface area contributed by atoms with E-state index in [9.17, 15) is 0 Å². The molecule has 15 atom stereocenters. The summed E-state index contributed by atoms with van der Waals surface area (Å²) in [7, 11) is 4.72. The van der Waals surface area contributed by atoms with Crippen molar-refractivity contribution in [3.05, 3.63) is 323 Å². The summed E-state index contributed by atoms with van der Waals surface area (Å²) in [6.45, 7) is 1.82. The Labute approximate surface area is 593 Å². The molecule has 0 spiro atoms. The first-order valence-electron chi connectivity index (χ1n) is 34.6. The summed E-state index contributed by atoms with van der Waals surface area (Å²) in [4.78, 5) is 0. The Hall–Kier alpha value is -7.70. The van der Waals surface area contributed by atoms with Crippen LogP contribution in [0, 0.1) is 0 Å². The molecule has 0 aliphatic carbocycles. The largest absolute Gasteiger partial charge is 0.374 e. The Morgan fingerprint density at radius 1 is 0.238 bits per heavy atom. The molecule has 0 radical (unpaired) electrons. The van der Waals surface area contributed by atoms with Crippen LogP contribution in [0.2, 0.25) is 0 Å². The maximum atomic E-state index is 7.90. The number of benzene rings is 9. The van der Waals surface area contributed by atoms with Crippen molar-refractivity contribution in [3.63, 3.8) is 0 Å². The van der Waals surface area contributed by atoms with Crippen LogP contribution in [0.15, 0.2) is 273 Å². The van der Waals surface area contributed by atoms with Crippen molar-refractivity contribution in [2.24, 2.45) is 0 Å². The van der Waals surface area contributed by atoms with E-state index in [1.54, 1.807) is 21.3 Å². The fourth-order valence-electron chi connectivity index (χ4n) is 12.9. The predicted octanol–water partition coefficient (Wildman–Crippen LogP) is 13.7. The third-order valence-electron chi connectivity index (χ3n) is 18.0. The molecule has 0 unspecified atom stereocenters. The normalized spacial score (nSPS) is 25.2. The fraction of sp³-hybridized carbons (Fsp3) is 0.357. The SMILES string of the molecule is CO[C@H]1O[C@H](COCc2ccccc2)[C@@H](OCc2ccccc2)[C@H](OCc2ccccc2)[C@@H]1OC(O[C@@H]1[C@@H](OC)O[C@H](COCc2ccccc2)[C@@H](OCc2ccccc2)[C@@H]1OCc1ccccc1)[C@H]1O[C@H](OC)[C@H](OCc2ccccc2)[C@@H](OCc2ccccc2)[C@@H]1OCc1ccccc1. The van der Waals surface area contributed by atoms with Gasteiger partial charge in [0.05, 0.1) is 72.7 Å².